The maximum Gasteiger partial charge on any atom is 0.0590 e. The number of nitrogens with one attached hydrogen (secondary N) is 1. The van der Waals surface area contributed by atoms with Crippen LogP contribution in [0.3, 0.4) is 0 Å². The molecule has 1 N–H and O–H groups in total. The Hall–Kier alpha value is -1.13. The number of aromatic nitrogens is 1. The maximum atomic E-state index is 5.34. The van der Waals surface area contributed by atoms with Gasteiger partial charge < -0.3 is 15.0 Å². The summed E-state index contributed by atoms with van der Waals surface area (Å²) in [5, 5.41) is 3.56. The van der Waals surface area contributed by atoms with E-state index in [1.54, 1.807) is 0 Å². The normalized spacial score (nSPS) is 17.1. The Kier molecular flexibility index (Phi) is 5.42. The van der Waals surface area contributed by atoms with Gasteiger partial charge in [0, 0.05) is 50.4 Å². The Labute approximate surface area is 109 Å². The zero-order valence-corrected chi connectivity index (χ0v) is 11.1. The largest absolute Gasteiger partial charge is 0.380 e. The van der Waals surface area contributed by atoms with Crippen molar-refractivity contribution in [1.82, 2.24) is 10.3 Å². The molecule has 0 spiro atoms. The van der Waals surface area contributed by atoms with Gasteiger partial charge in [0.2, 0.25) is 0 Å². The van der Waals surface area contributed by atoms with Crippen LogP contribution in [0.1, 0.15) is 19.8 Å². The van der Waals surface area contributed by atoms with Crippen molar-refractivity contribution in [3.63, 3.8) is 0 Å². The average Bonchev–Trinajstić information content (AvgIpc) is 2.45. The number of hydrogen-bond acceptors (Lipinski definition) is 4. The zero-order chi connectivity index (χ0) is 12.6. The minimum atomic E-state index is 0.642. The number of pyridine rings is 1. The van der Waals surface area contributed by atoms with Crippen molar-refractivity contribution < 1.29 is 4.74 Å². The highest BCUT2D eigenvalue weighted by atomic mass is 16.5. The van der Waals surface area contributed by atoms with E-state index in [1.165, 1.54) is 18.5 Å². The molecule has 0 saturated carbocycles. The van der Waals surface area contributed by atoms with E-state index in [2.05, 4.69) is 27.3 Å². The molecule has 0 aliphatic carbocycles. The molecule has 2 heterocycles. The molecule has 0 aromatic carbocycles. The van der Waals surface area contributed by atoms with E-state index >= 15 is 0 Å². The third-order valence-electron chi connectivity index (χ3n) is 3.41. The van der Waals surface area contributed by atoms with E-state index in [-0.39, 0.29) is 0 Å². The second-order valence-corrected chi connectivity index (χ2v) is 4.62. The first-order valence-electron chi connectivity index (χ1n) is 6.86. The van der Waals surface area contributed by atoms with Crippen LogP contribution in [-0.4, -0.2) is 43.9 Å². The van der Waals surface area contributed by atoms with E-state index in [9.17, 15) is 0 Å². The van der Waals surface area contributed by atoms with Crippen LogP contribution in [0.25, 0.3) is 0 Å². The minimum Gasteiger partial charge on any atom is -0.380 e. The summed E-state index contributed by atoms with van der Waals surface area (Å²) in [6.07, 6.45) is 6.13. The monoisotopic (exact) mass is 249 g/mol. The molecule has 0 amide bonds. The van der Waals surface area contributed by atoms with Crippen molar-refractivity contribution in [2.24, 2.45) is 0 Å². The number of hydrogen-bond donors (Lipinski definition) is 1. The van der Waals surface area contributed by atoms with Crippen LogP contribution in [0.15, 0.2) is 24.5 Å². The lowest BCUT2D eigenvalue weighted by Crippen LogP contribution is -2.43. The molecule has 0 unspecified atom stereocenters. The molecule has 100 valence electrons. The predicted molar refractivity (Wildman–Crippen MR) is 74.0 cm³/mol. The quantitative estimate of drug-likeness (QED) is 0.778. The summed E-state index contributed by atoms with van der Waals surface area (Å²) >= 11 is 0. The Balaban J connectivity index is 1.68. The molecule has 1 aliphatic heterocycles. The van der Waals surface area contributed by atoms with Gasteiger partial charge in [0.15, 0.2) is 0 Å². The summed E-state index contributed by atoms with van der Waals surface area (Å²) in [5.74, 6) is 0. The molecule has 0 atom stereocenters. The Bertz CT molecular complexity index is 323. The van der Waals surface area contributed by atoms with E-state index in [1.807, 2.05) is 19.3 Å². The van der Waals surface area contributed by atoms with E-state index in [4.69, 9.17) is 4.74 Å². The van der Waals surface area contributed by atoms with Gasteiger partial charge in [-0.25, -0.2) is 0 Å². The Morgan fingerprint density at radius 2 is 2.06 bits per heavy atom. The summed E-state index contributed by atoms with van der Waals surface area (Å²) in [7, 11) is 0. The van der Waals surface area contributed by atoms with Crippen molar-refractivity contribution >= 4 is 5.69 Å². The number of anilines is 1. The fraction of sp³-hybridized carbons (Fsp3) is 0.643. The maximum absolute atomic E-state index is 5.34. The number of nitrogens with zero attached hydrogens (tertiary/aromatic N) is 2. The third kappa shape index (κ3) is 3.96. The van der Waals surface area contributed by atoms with Crippen molar-refractivity contribution in [3.05, 3.63) is 24.5 Å². The average molecular weight is 249 g/mol. The van der Waals surface area contributed by atoms with Gasteiger partial charge in [0.1, 0.15) is 0 Å². The van der Waals surface area contributed by atoms with Crippen LogP contribution >= 0.6 is 0 Å². The van der Waals surface area contributed by atoms with Crippen LogP contribution < -0.4 is 10.2 Å². The van der Waals surface area contributed by atoms with Crippen LogP contribution in [0, 0.1) is 0 Å². The van der Waals surface area contributed by atoms with Crippen LogP contribution in [0.4, 0.5) is 5.69 Å². The fourth-order valence-electron chi connectivity index (χ4n) is 2.38. The van der Waals surface area contributed by atoms with Crippen LogP contribution in [-0.2, 0) is 4.74 Å². The van der Waals surface area contributed by atoms with Crippen molar-refractivity contribution in [2.75, 3.05) is 37.7 Å². The van der Waals surface area contributed by atoms with Gasteiger partial charge in [-0.2, -0.15) is 0 Å². The Morgan fingerprint density at radius 1 is 1.33 bits per heavy atom. The molecule has 0 radical (unpaired) electrons. The molecule has 1 saturated heterocycles. The van der Waals surface area contributed by atoms with Gasteiger partial charge in [-0.1, -0.05) is 0 Å². The first-order chi connectivity index (χ1) is 8.90. The first-order valence-corrected chi connectivity index (χ1v) is 6.86. The summed E-state index contributed by atoms with van der Waals surface area (Å²) < 4.78 is 5.34. The molecule has 18 heavy (non-hydrogen) atoms. The SMILES string of the molecule is CCOCCNC1CCN(c2ccncc2)CC1. The van der Waals surface area contributed by atoms with Gasteiger partial charge in [-0.15, -0.1) is 0 Å². The summed E-state index contributed by atoms with van der Waals surface area (Å²) in [6, 6.07) is 4.81. The molecular formula is C14H23N3O. The molecule has 0 bridgehead atoms. The third-order valence-corrected chi connectivity index (χ3v) is 3.41. The van der Waals surface area contributed by atoms with Crippen LogP contribution in [0.2, 0.25) is 0 Å². The second-order valence-electron chi connectivity index (χ2n) is 4.62. The molecule has 2 rings (SSSR count). The lowest BCUT2D eigenvalue weighted by Gasteiger charge is -2.34. The molecule has 1 aromatic rings. The zero-order valence-electron chi connectivity index (χ0n) is 11.1. The van der Waals surface area contributed by atoms with Gasteiger partial charge in [0.05, 0.1) is 6.61 Å². The lowest BCUT2D eigenvalue weighted by atomic mass is 10.0. The van der Waals surface area contributed by atoms with Crippen molar-refractivity contribution in [3.8, 4) is 0 Å². The predicted octanol–water partition coefficient (Wildman–Crippen LogP) is 1.68. The molecule has 4 heteroatoms. The molecule has 1 aliphatic rings. The summed E-state index contributed by atoms with van der Waals surface area (Å²) in [4.78, 5) is 6.49. The lowest BCUT2D eigenvalue weighted by molar-refractivity contribution is 0.145. The number of rotatable bonds is 6. The highest BCUT2D eigenvalue weighted by Crippen LogP contribution is 2.18. The Morgan fingerprint density at radius 3 is 2.72 bits per heavy atom. The molecule has 1 aromatic heterocycles. The first kappa shape index (κ1) is 13.3. The number of piperidine rings is 1. The standard InChI is InChI=1S/C14H23N3O/c1-2-18-12-9-16-13-5-10-17(11-6-13)14-3-7-15-8-4-14/h3-4,7-8,13,16H,2,5-6,9-12H2,1H3. The van der Waals surface area contributed by atoms with Gasteiger partial charge >= 0.3 is 0 Å². The van der Waals surface area contributed by atoms with Gasteiger partial charge in [-0.3, -0.25) is 4.98 Å². The van der Waals surface area contributed by atoms with Crippen molar-refractivity contribution in [2.45, 2.75) is 25.8 Å². The topological polar surface area (TPSA) is 37.4 Å². The second kappa shape index (κ2) is 7.34. The summed E-state index contributed by atoms with van der Waals surface area (Å²) in [6.45, 7) is 6.87. The smallest absolute Gasteiger partial charge is 0.0590 e. The fourth-order valence-corrected chi connectivity index (χ4v) is 2.38. The number of ether oxygens (including phenoxy) is 1. The molecule has 4 nitrogen and oxygen atoms in total. The molecular weight excluding hydrogens is 226 g/mol. The van der Waals surface area contributed by atoms with E-state index < -0.39 is 0 Å². The highest BCUT2D eigenvalue weighted by molar-refractivity contribution is 5.44. The van der Waals surface area contributed by atoms with E-state index in [0.29, 0.717) is 6.04 Å². The van der Waals surface area contributed by atoms with Crippen molar-refractivity contribution in [1.29, 1.82) is 0 Å². The molecule has 1 fully saturated rings. The van der Waals surface area contributed by atoms with Crippen LogP contribution in [0.5, 0.6) is 0 Å². The van der Waals surface area contributed by atoms with Gasteiger partial charge in [0.25, 0.3) is 0 Å². The highest BCUT2D eigenvalue weighted by Gasteiger charge is 2.18. The summed E-state index contributed by atoms with van der Waals surface area (Å²) in [5.41, 5.74) is 1.29. The minimum absolute atomic E-state index is 0.642. The van der Waals surface area contributed by atoms with E-state index in [0.717, 1.165) is 32.8 Å². The van der Waals surface area contributed by atoms with Gasteiger partial charge in [-0.05, 0) is 31.9 Å².